The number of piperidine rings is 1. The van der Waals surface area contributed by atoms with Crippen LogP contribution in [0.3, 0.4) is 0 Å². The summed E-state index contributed by atoms with van der Waals surface area (Å²) < 4.78 is 14.1. The first-order valence-electron chi connectivity index (χ1n) is 8.20. The lowest BCUT2D eigenvalue weighted by Gasteiger charge is -2.34. The van der Waals surface area contributed by atoms with E-state index in [0.717, 1.165) is 29.7 Å². The molecule has 1 unspecified atom stereocenters. The Morgan fingerprint density at radius 3 is 2.92 bits per heavy atom. The number of carbonyl (C=O) groups excluding carboxylic acids is 1. The number of likely N-dealkylation sites (tertiary alicyclic amines) is 1. The van der Waals surface area contributed by atoms with Crippen LogP contribution in [0, 0.1) is 12.7 Å². The highest BCUT2D eigenvalue weighted by molar-refractivity contribution is 7.12. The fourth-order valence-corrected chi connectivity index (χ4v) is 3.90. The van der Waals surface area contributed by atoms with E-state index < -0.39 is 5.97 Å². The molecule has 25 heavy (non-hydrogen) atoms. The van der Waals surface area contributed by atoms with Gasteiger partial charge in [0.2, 0.25) is 0 Å². The maximum atomic E-state index is 14.1. The molecule has 0 radical (unpaired) electrons. The summed E-state index contributed by atoms with van der Waals surface area (Å²) in [6, 6.07) is 4.58. The monoisotopic (exact) mass is 362 g/mol. The number of thiazole rings is 1. The van der Waals surface area contributed by atoms with E-state index >= 15 is 0 Å². The molecule has 7 heteroatoms. The highest BCUT2D eigenvalue weighted by Gasteiger charge is 2.30. The van der Waals surface area contributed by atoms with Crippen LogP contribution in [-0.4, -0.2) is 39.5 Å². The molecule has 0 saturated carbocycles. The second kappa shape index (κ2) is 7.31. The van der Waals surface area contributed by atoms with Crippen molar-refractivity contribution in [1.82, 2.24) is 9.88 Å². The maximum absolute atomic E-state index is 14.1. The van der Waals surface area contributed by atoms with Gasteiger partial charge in [-0.15, -0.1) is 11.3 Å². The number of hydrogen-bond acceptors (Lipinski definition) is 4. The number of rotatable bonds is 4. The van der Waals surface area contributed by atoms with Gasteiger partial charge in [0.25, 0.3) is 5.91 Å². The standard InChI is InChI=1S/C18H19FN2O3S/c1-11-5-6-13(14(19)8-11)15-10-25-17(20-15)18(24)21-7-3-2-4-12(21)9-16(22)23/h5-6,8,10,12H,2-4,7,9H2,1H3,(H,22,23). The molecule has 1 aromatic heterocycles. The molecule has 1 amide bonds. The number of amides is 1. The fourth-order valence-electron chi connectivity index (χ4n) is 3.13. The molecule has 0 spiro atoms. The number of carboxylic acid groups (broad SMARTS) is 1. The van der Waals surface area contributed by atoms with Crippen molar-refractivity contribution in [2.24, 2.45) is 0 Å². The van der Waals surface area contributed by atoms with Crippen molar-refractivity contribution in [3.05, 3.63) is 40.0 Å². The topological polar surface area (TPSA) is 70.5 Å². The van der Waals surface area contributed by atoms with Crippen LogP contribution in [0.4, 0.5) is 4.39 Å². The summed E-state index contributed by atoms with van der Waals surface area (Å²) >= 11 is 1.16. The molecule has 5 nitrogen and oxygen atoms in total. The minimum atomic E-state index is -0.911. The van der Waals surface area contributed by atoms with Gasteiger partial charge in [-0.25, -0.2) is 9.37 Å². The van der Waals surface area contributed by atoms with E-state index in [2.05, 4.69) is 4.98 Å². The van der Waals surface area contributed by atoms with Gasteiger partial charge in [-0.3, -0.25) is 9.59 Å². The minimum Gasteiger partial charge on any atom is -0.481 e. The van der Waals surface area contributed by atoms with Gasteiger partial charge in [0.1, 0.15) is 5.82 Å². The zero-order valence-corrected chi connectivity index (χ0v) is 14.7. The van der Waals surface area contributed by atoms with E-state index in [0.29, 0.717) is 24.2 Å². The summed E-state index contributed by atoms with van der Waals surface area (Å²) in [7, 11) is 0. The second-order valence-corrected chi connectivity index (χ2v) is 7.13. The Morgan fingerprint density at radius 2 is 2.20 bits per heavy atom. The van der Waals surface area contributed by atoms with E-state index in [1.165, 1.54) is 6.07 Å². The van der Waals surface area contributed by atoms with E-state index in [-0.39, 0.29) is 29.2 Å². The highest BCUT2D eigenvalue weighted by atomic mass is 32.1. The van der Waals surface area contributed by atoms with Crippen LogP contribution in [0.2, 0.25) is 0 Å². The molecule has 2 heterocycles. The average Bonchev–Trinajstić information content (AvgIpc) is 3.04. The van der Waals surface area contributed by atoms with Crippen molar-refractivity contribution in [3.63, 3.8) is 0 Å². The lowest BCUT2D eigenvalue weighted by Crippen LogP contribution is -2.44. The normalized spacial score (nSPS) is 17.5. The predicted octanol–water partition coefficient (Wildman–Crippen LogP) is 3.73. The predicted molar refractivity (Wildman–Crippen MR) is 93.2 cm³/mol. The number of aromatic nitrogens is 1. The molecule has 0 aliphatic carbocycles. The second-order valence-electron chi connectivity index (χ2n) is 6.27. The van der Waals surface area contributed by atoms with Crippen LogP contribution in [0.1, 0.15) is 41.0 Å². The van der Waals surface area contributed by atoms with Crippen molar-refractivity contribution in [2.75, 3.05) is 6.54 Å². The Balaban J connectivity index is 1.83. The van der Waals surface area contributed by atoms with Gasteiger partial charge in [-0.05, 0) is 43.9 Å². The summed E-state index contributed by atoms with van der Waals surface area (Å²) in [5, 5.41) is 11.0. The third-order valence-electron chi connectivity index (χ3n) is 4.39. The Bertz CT molecular complexity index is 805. The molecule has 1 N–H and O–H groups in total. The molecule has 132 valence electrons. The number of carbonyl (C=O) groups is 2. The summed E-state index contributed by atoms with van der Waals surface area (Å²) in [6.45, 7) is 2.34. The molecule has 1 saturated heterocycles. The number of nitrogens with zero attached hydrogens (tertiary/aromatic N) is 2. The van der Waals surface area contributed by atoms with Crippen molar-refractivity contribution in [1.29, 1.82) is 0 Å². The van der Waals surface area contributed by atoms with Crippen molar-refractivity contribution in [2.45, 2.75) is 38.6 Å². The minimum absolute atomic E-state index is 0.0590. The summed E-state index contributed by atoms with van der Waals surface area (Å²) in [6.07, 6.45) is 2.39. The van der Waals surface area contributed by atoms with Crippen molar-refractivity contribution >= 4 is 23.2 Å². The summed E-state index contributed by atoms with van der Waals surface area (Å²) in [4.78, 5) is 29.7. The van der Waals surface area contributed by atoms with Crippen LogP contribution in [0.15, 0.2) is 23.6 Å². The molecule has 0 bridgehead atoms. The average molecular weight is 362 g/mol. The van der Waals surface area contributed by atoms with Crippen molar-refractivity contribution in [3.8, 4) is 11.3 Å². The molecule has 1 fully saturated rings. The van der Waals surface area contributed by atoms with Gasteiger partial charge in [0, 0.05) is 23.5 Å². The van der Waals surface area contributed by atoms with E-state index in [1.807, 2.05) is 6.92 Å². The Morgan fingerprint density at radius 1 is 1.40 bits per heavy atom. The lowest BCUT2D eigenvalue weighted by atomic mass is 9.99. The molecule has 1 aliphatic rings. The van der Waals surface area contributed by atoms with Crippen LogP contribution >= 0.6 is 11.3 Å². The van der Waals surface area contributed by atoms with Crippen LogP contribution in [0.5, 0.6) is 0 Å². The summed E-state index contributed by atoms with van der Waals surface area (Å²) in [5.74, 6) is -1.55. The van der Waals surface area contributed by atoms with Gasteiger partial charge in [-0.1, -0.05) is 6.07 Å². The van der Waals surface area contributed by atoms with Gasteiger partial charge < -0.3 is 10.0 Å². The van der Waals surface area contributed by atoms with Crippen LogP contribution < -0.4 is 0 Å². The first kappa shape index (κ1) is 17.5. The largest absolute Gasteiger partial charge is 0.481 e. The Hall–Kier alpha value is -2.28. The third-order valence-corrected chi connectivity index (χ3v) is 5.22. The van der Waals surface area contributed by atoms with Crippen LogP contribution in [0.25, 0.3) is 11.3 Å². The van der Waals surface area contributed by atoms with E-state index in [4.69, 9.17) is 5.11 Å². The SMILES string of the molecule is Cc1ccc(-c2csc(C(=O)N3CCCCC3CC(=O)O)n2)c(F)c1. The number of halogens is 1. The van der Waals surface area contributed by atoms with Gasteiger partial charge in [-0.2, -0.15) is 0 Å². The zero-order chi connectivity index (χ0) is 18.0. The number of carboxylic acids is 1. The third kappa shape index (κ3) is 3.87. The Labute approximate surface area is 149 Å². The first-order valence-corrected chi connectivity index (χ1v) is 9.08. The smallest absolute Gasteiger partial charge is 0.305 e. The molecule has 1 aromatic carbocycles. The zero-order valence-electron chi connectivity index (χ0n) is 13.9. The first-order chi connectivity index (χ1) is 12.0. The number of aliphatic carboxylic acids is 1. The lowest BCUT2D eigenvalue weighted by molar-refractivity contribution is -0.138. The molecule has 3 rings (SSSR count). The molecule has 2 aromatic rings. The molecular weight excluding hydrogens is 343 g/mol. The summed E-state index contributed by atoms with van der Waals surface area (Å²) in [5.41, 5.74) is 1.61. The Kier molecular flexibility index (Phi) is 5.13. The number of hydrogen-bond donors (Lipinski definition) is 1. The van der Waals surface area contributed by atoms with Gasteiger partial charge >= 0.3 is 5.97 Å². The number of aryl methyl sites for hydroxylation is 1. The maximum Gasteiger partial charge on any atom is 0.305 e. The molecule has 1 atom stereocenters. The number of benzene rings is 1. The van der Waals surface area contributed by atoms with Crippen molar-refractivity contribution < 1.29 is 19.1 Å². The van der Waals surface area contributed by atoms with Crippen LogP contribution in [-0.2, 0) is 4.79 Å². The fraction of sp³-hybridized carbons (Fsp3) is 0.389. The van der Waals surface area contributed by atoms with Gasteiger partial charge in [0.05, 0.1) is 12.1 Å². The quantitative estimate of drug-likeness (QED) is 0.900. The van der Waals surface area contributed by atoms with E-state index in [1.54, 1.807) is 22.4 Å². The highest BCUT2D eigenvalue weighted by Crippen LogP contribution is 2.28. The molecular formula is C18H19FN2O3S. The van der Waals surface area contributed by atoms with E-state index in [9.17, 15) is 14.0 Å². The van der Waals surface area contributed by atoms with Gasteiger partial charge in [0.15, 0.2) is 5.01 Å². The molecule has 1 aliphatic heterocycles.